The van der Waals surface area contributed by atoms with Crippen molar-refractivity contribution in [2.75, 3.05) is 7.11 Å². The fourth-order valence-electron chi connectivity index (χ4n) is 0.616. The zero-order chi connectivity index (χ0) is 9.23. The van der Waals surface area contributed by atoms with Crippen LogP contribution < -0.4 is 0 Å². The van der Waals surface area contributed by atoms with Crippen LogP contribution in [0.2, 0.25) is 0 Å². The first-order chi connectivity index (χ1) is 5.81. The van der Waals surface area contributed by atoms with Crippen LogP contribution in [0.3, 0.4) is 0 Å². The van der Waals surface area contributed by atoms with Crippen molar-refractivity contribution in [3.05, 3.63) is 12.2 Å². The van der Waals surface area contributed by atoms with Crippen molar-refractivity contribution in [1.29, 1.82) is 0 Å². The Morgan fingerprint density at radius 1 is 1.58 bits per heavy atom. The number of hydrogen-bond donors (Lipinski definition) is 0. The molecule has 0 bridgehead atoms. The van der Waals surface area contributed by atoms with E-state index in [1.54, 1.807) is 6.08 Å². The third kappa shape index (κ3) is 6.88. The van der Waals surface area contributed by atoms with Crippen LogP contribution in [0.25, 0.3) is 0 Å². The Kier molecular flexibility index (Phi) is 7.07. The minimum atomic E-state index is -0.491. The molecule has 0 heterocycles. The third-order valence-electron chi connectivity index (χ3n) is 1.29. The second kappa shape index (κ2) is 7.87. The highest BCUT2D eigenvalue weighted by atomic mass is 16.5. The lowest BCUT2D eigenvalue weighted by Crippen LogP contribution is -1.93. The molecular weight excluding hydrogens is 152 g/mol. The van der Waals surface area contributed by atoms with Gasteiger partial charge in [-0.1, -0.05) is 31.8 Å². The fraction of sp³-hybridized carbons (Fsp3) is 0.500. The molecule has 0 aromatic rings. The lowest BCUT2D eigenvalue weighted by Gasteiger charge is -1.84. The van der Waals surface area contributed by atoms with Crippen molar-refractivity contribution in [3.8, 4) is 11.8 Å². The molecule has 66 valence electrons. The number of methoxy groups -OCH3 is 1. The van der Waals surface area contributed by atoms with Gasteiger partial charge in [-0.25, -0.2) is 4.79 Å². The molecule has 0 aliphatic rings. The lowest BCUT2D eigenvalue weighted by molar-refractivity contribution is -0.133. The van der Waals surface area contributed by atoms with Crippen molar-refractivity contribution in [2.45, 2.75) is 26.2 Å². The van der Waals surface area contributed by atoms with Crippen LogP contribution >= 0.6 is 0 Å². The van der Waals surface area contributed by atoms with E-state index in [9.17, 15) is 4.79 Å². The predicted molar refractivity (Wildman–Crippen MR) is 48.5 cm³/mol. The predicted octanol–water partition coefficient (Wildman–Crippen LogP) is 1.91. The van der Waals surface area contributed by atoms with Crippen LogP contribution in [0.5, 0.6) is 0 Å². The van der Waals surface area contributed by atoms with Crippen LogP contribution in [-0.2, 0) is 9.53 Å². The van der Waals surface area contributed by atoms with Gasteiger partial charge < -0.3 is 4.74 Å². The molecule has 0 rings (SSSR count). The highest BCUT2D eigenvalue weighted by Crippen LogP contribution is 1.93. The Balaban J connectivity index is 3.55. The van der Waals surface area contributed by atoms with E-state index in [4.69, 9.17) is 0 Å². The number of rotatable bonds is 3. The van der Waals surface area contributed by atoms with E-state index in [0.29, 0.717) is 0 Å². The van der Waals surface area contributed by atoms with Crippen molar-refractivity contribution >= 4 is 5.97 Å². The molecule has 0 fully saturated rings. The Hall–Kier alpha value is -1.23. The molecular formula is C10H14O2. The summed E-state index contributed by atoms with van der Waals surface area (Å²) in [5.74, 6) is 4.41. The number of ether oxygens (including phenoxy) is 1. The number of hydrogen-bond acceptors (Lipinski definition) is 2. The number of esters is 1. The maximum absolute atomic E-state index is 10.5. The van der Waals surface area contributed by atoms with Crippen LogP contribution in [0.15, 0.2) is 12.2 Å². The van der Waals surface area contributed by atoms with E-state index in [1.807, 2.05) is 6.08 Å². The van der Waals surface area contributed by atoms with E-state index < -0.39 is 5.97 Å². The molecule has 0 spiro atoms. The Bertz CT molecular complexity index is 206. The molecule has 0 saturated carbocycles. The largest absolute Gasteiger partial charge is 0.459 e. The second-order valence-corrected chi connectivity index (χ2v) is 2.31. The third-order valence-corrected chi connectivity index (χ3v) is 1.29. The van der Waals surface area contributed by atoms with Gasteiger partial charge in [0.1, 0.15) is 0 Å². The van der Waals surface area contributed by atoms with Crippen molar-refractivity contribution in [3.63, 3.8) is 0 Å². The topological polar surface area (TPSA) is 26.3 Å². The van der Waals surface area contributed by atoms with E-state index in [-0.39, 0.29) is 0 Å². The maximum atomic E-state index is 10.5. The summed E-state index contributed by atoms with van der Waals surface area (Å²) in [5, 5.41) is 0. The fourth-order valence-corrected chi connectivity index (χ4v) is 0.616. The van der Waals surface area contributed by atoms with Crippen LogP contribution in [0.4, 0.5) is 0 Å². The molecule has 0 radical (unpaired) electrons. The first kappa shape index (κ1) is 10.8. The number of carbonyl (C=O) groups excluding carboxylic acids is 1. The Morgan fingerprint density at radius 3 is 2.92 bits per heavy atom. The molecule has 0 N–H and O–H groups in total. The van der Waals surface area contributed by atoms with Gasteiger partial charge in [-0.3, -0.25) is 0 Å². The molecule has 0 atom stereocenters. The van der Waals surface area contributed by atoms with E-state index >= 15 is 0 Å². The second-order valence-electron chi connectivity index (χ2n) is 2.31. The average Bonchev–Trinajstić information content (AvgIpc) is 2.10. The van der Waals surface area contributed by atoms with E-state index in [0.717, 1.165) is 12.8 Å². The SMILES string of the molecule is CCCC/C=C/C#CC(=O)OC. The monoisotopic (exact) mass is 166 g/mol. The van der Waals surface area contributed by atoms with Crippen LogP contribution in [0, 0.1) is 11.8 Å². The Labute approximate surface area is 73.6 Å². The molecule has 0 unspecified atom stereocenters. The quantitative estimate of drug-likeness (QED) is 0.277. The first-order valence-electron chi connectivity index (χ1n) is 4.05. The molecule has 0 aliphatic heterocycles. The average molecular weight is 166 g/mol. The van der Waals surface area contributed by atoms with E-state index in [2.05, 4.69) is 23.5 Å². The highest BCUT2D eigenvalue weighted by molar-refractivity contribution is 5.88. The number of allylic oxidation sites excluding steroid dienone is 2. The lowest BCUT2D eigenvalue weighted by atomic mass is 10.2. The molecule has 2 nitrogen and oxygen atoms in total. The molecule has 0 aromatic carbocycles. The number of carbonyl (C=O) groups is 1. The summed E-state index contributed by atoms with van der Waals surface area (Å²) >= 11 is 0. The summed E-state index contributed by atoms with van der Waals surface area (Å²) in [7, 11) is 1.32. The van der Waals surface area contributed by atoms with Crippen molar-refractivity contribution in [1.82, 2.24) is 0 Å². The van der Waals surface area contributed by atoms with Gasteiger partial charge in [-0.05, 0) is 12.5 Å². The Morgan fingerprint density at radius 2 is 2.33 bits per heavy atom. The van der Waals surface area contributed by atoms with Gasteiger partial charge in [0.2, 0.25) is 0 Å². The molecule has 12 heavy (non-hydrogen) atoms. The minimum Gasteiger partial charge on any atom is -0.459 e. The normalized spacial score (nSPS) is 9.17. The van der Waals surface area contributed by atoms with Crippen molar-refractivity contribution in [2.24, 2.45) is 0 Å². The van der Waals surface area contributed by atoms with Gasteiger partial charge >= 0.3 is 5.97 Å². The van der Waals surface area contributed by atoms with Crippen LogP contribution in [0.1, 0.15) is 26.2 Å². The highest BCUT2D eigenvalue weighted by Gasteiger charge is 1.85. The molecule has 0 saturated heterocycles. The summed E-state index contributed by atoms with van der Waals surface area (Å²) in [4.78, 5) is 10.5. The summed E-state index contributed by atoms with van der Waals surface area (Å²) in [6.45, 7) is 2.13. The molecule has 0 aromatic heterocycles. The standard InChI is InChI=1S/C10H14O2/c1-3-4-5-6-7-8-9-10(11)12-2/h6-7H,3-5H2,1-2H3/b7-6+. The smallest absolute Gasteiger partial charge is 0.384 e. The van der Waals surface area contributed by atoms with Gasteiger partial charge in [0.15, 0.2) is 0 Å². The van der Waals surface area contributed by atoms with E-state index in [1.165, 1.54) is 13.5 Å². The molecule has 0 amide bonds. The van der Waals surface area contributed by atoms with Crippen molar-refractivity contribution < 1.29 is 9.53 Å². The summed E-state index contributed by atoms with van der Waals surface area (Å²) in [6, 6.07) is 0. The molecule has 2 heteroatoms. The van der Waals surface area contributed by atoms with Crippen LogP contribution in [-0.4, -0.2) is 13.1 Å². The number of unbranched alkanes of at least 4 members (excludes halogenated alkanes) is 2. The minimum absolute atomic E-state index is 0.491. The first-order valence-corrected chi connectivity index (χ1v) is 4.05. The van der Waals surface area contributed by atoms with Gasteiger partial charge in [0, 0.05) is 5.92 Å². The van der Waals surface area contributed by atoms with Gasteiger partial charge in [-0.15, -0.1) is 0 Å². The zero-order valence-corrected chi connectivity index (χ0v) is 7.59. The zero-order valence-electron chi connectivity index (χ0n) is 7.59. The molecule has 0 aliphatic carbocycles. The summed E-state index contributed by atoms with van der Waals surface area (Å²) < 4.78 is 4.33. The van der Waals surface area contributed by atoms with Gasteiger partial charge in [0.25, 0.3) is 0 Å². The summed E-state index contributed by atoms with van der Waals surface area (Å²) in [5.41, 5.74) is 0. The summed E-state index contributed by atoms with van der Waals surface area (Å²) in [6.07, 6.45) is 7.00. The van der Waals surface area contributed by atoms with Gasteiger partial charge in [-0.2, -0.15) is 0 Å². The maximum Gasteiger partial charge on any atom is 0.384 e. The van der Waals surface area contributed by atoms with Gasteiger partial charge in [0.05, 0.1) is 7.11 Å².